The highest BCUT2D eigenvalue weighted by molar-refractivity contribution is 5.68. The third-order valence-electron chi connectivity index (χ3n) is 2.05. The molecule has 0 unspecified atom stereocenters. The average Bonchev–Trinajstić information content (AvgIpc) is 2.11. The maximum absolute atomic E-state index is 13.1. The van der Waals surface area contributed by atoms with Gasteiger partial charge in [0.15, 0.2) is 0 Å². The van der Waals surface area contributed by atoms with Gasteiger partial charge in [-0.1, -0.05) is 5.92 Å². The summed E-state index contributed by atoms with van der Waals surface area (Å²) in [7, 11) is 1.82. The quantitative estimate of drug-likeness (QED) is 0.571. The Bertz CT molecular complexity index is 380. The molecule has 0 saturated heterocycles. The standard InChI is InChI=1S/C11H13FN2/c1-4-5-14(3)11-6-8(2)9(12)7-10(11)13/h1,6-7H,5,13H2,2-3H3. The van der Waals surface area contributed by atoms with Gasteiger partial charge in [-0.05, 0) is 24.6 Å². The molecule has 0 saturated carbocycles. The van der Waals surface area contributed by atoms with Gasteiger partial charge < -0.3 is 10.6 Å². The Hall–Kier alpha value is -1.69. The SMILES string of the molecule is C#CCN(C)c1cc(C)c(F)cc1N. The maximum Gasteiger partial charge on any atom is 0.128 e. The molecular formula is C11H13FN2. The number of aryl methyl sites for hydroxylation is 1. The molecule has 0 bridgehead atoms. The van der Waals surface area contributed by atoms with Gasteiger partial charge >= 0.3 is 0 Å². The van der Waals surface area contributed by atoms with E-state index in [0.717, 1.165) is 5.69 Å². The van der Waals surface area contributed by atoms with Crippen LogP contribution in [0.15, 0.2) is 12.1 Å². The van der Waals surface area contributed by atoms with E-state index in [2.05, 4.69) is 5.92 Å². The van der Waals surface area contributed by atoms with Crippen LogP contribution >= 0.6 is 0 Å². The number of anilines is 2. The van der Waals surface area contributed by atoms with Crippen LogP contribution in [0.5, 0.6) is 0 Å². The lowest BCUT2D eigenvalue weighted by atomic mass is 10.1. The van der Waals surface area contributed by atoms with Gasteiger partial charge in [0, 0.05) is 7.05 Å². The first-order chi connectivity index (χ1) is 6.56. The first-order valence-electron chi connectivity index (χ1n) is 4.26. The molecule has 0 aliphatic carbocycles. The number of terminal acetylenes is 1. The zero-order valence-corrected chi connectivity index (χ0v) is 8.34. The molecule has 0 heterocycles. The van der Waals surface area contributed by atoms with Crippen molar-refractivity contribution in [3.05, 3.63) is 23.5 Å². The van der Waals surface area contributed by atoms with Crippen molar-refractivity contribution in [2.24, 2.45) is 0 Å². The molecule has 0 fully saturated rings. The van der Waals surface area contributed by atoms with Crippen molar-refractivity contribution in [2.45, 2.75) is 6.92 Å². The number of halogens is 1. The monoisotopic (exact) mass is 192 g/mol. The molecule has 2 N–H and O–H groups in total. The van der Waals surface area contributed by atoms with Crippen molar-refractivity contribution in [3.8, 4) is 12.3 Å². The van der Waals surface area contributed by atoms with E-state index in [1.807, 2.05) is 11.9 Å². The number of nitrogen functional groups attached to an aromatic ring is 1. The van der Waals surface area contributed by atoms with Crippen LogP contribution < -0.4 is 10.6 Å². The van der Waals surface area contributed by atoms with E-state index >= 15 is 0 Å². The normalized spacial score (nSPS) is 9.57. The van der Waals surface area contributed by atoms with Crippen LogP contribution in [0.25, 0.3) is 0 Å². The van der Waals surface area contributed by atoms with Crippen LogP contribution in [0.3, 0.4) is 0 Å². The van der Waals surface area contributed by atoms with Crippen LogP contribution in [-0.4, -0.2) is 13.6 Å². The van der Waals surface area contributed by atoms with Crippen LogP contribution in [-0.2, 0) is 0 Å². The molecule has 1 aromatic rings. The fraction of sp³-hybridized carbons (Fsp3) is 0.273. The molecule has 1 rings (SSSR count). The smallest absolute Gasteiger partial charge is 0.128 e. The number of nitrogens with two attached hydrogens (primary N) is 1. The Morgan fingerprint density at radius 1 is 1.57 bits per heavy atom. The first kappa shape index (κ1) is 10.4. The number of nitrogens with zero attached hydrogens (tertiary/aromatic N) is 1. The Morgan fingerprint density at radius 2 is 2.21 bits per heavy atom. The summed E-state index contributed by atoms with van der Waals surface area (Å²) < 4.78 is 13.1. The highest BCUT2D eigenvalue weighted by atomic mass is 19.1. The Kier molecular flexibility index (Phi) is 2.98. The molecular weight excluding hydrogens is 179 g/mol. The average molecular weight is 192 g/mol. The van der Waals surface area contributed by atoms with Gasteiger partial charge in [-0.25, -0.2) is 4.39 Å². The van der Waals surface area contributed by atoms with Gasteiger partial charge in [-0.3, -0.25) is 0 Å². The summed E-state index contributed by atoms with van der Waals surface area (Å²) in [5.41, 5.74) is 7.41. The van der Waals surface area contributed by atoms with E-state index in [4.69, 9.17) is 12.2 Å². The molecule has 0 spiro atoms. The number of rotatable bonds is 2. The molecule has 0 radical (unpaired) electrons. The van der Waals surface area contributed by atoms with Crippen molar-refractivity contribution in [1.29, 1.82) is 0 Å². The minimum absolute atomic E-state index is 0.291. The molecule has 0 aliphatic rings. The van der Waals surface area contributed by atoms with Crippen molar-refractivity contribution < 1.29 is 4.39 Å². The second-order valence-corrected chi connectivity index (χ2v) is 3.22. The highest BCUT2D eigenvalue weighted by Gasteiger charge is 2.07. The van der Waals surface area contributed by atoms with Gasteiger partial charge in [0.25, 0.3) is 0 Å². The van der Waals surface area contributed by atoms with E-state index in [-0.39, 0.29) is 5.82 Å². The second-order valence-electron chi connectivity index (χ2n) is 3.22. The lowest BCUT2D eigenvalue weighted by Gasteiger charge is -2.19. The van der Waals surface area contributed by atoms with Crippen molar-refractivity contribution in [1.82, 2.24) is 0 Å². The fourth-order valence-electron chi connectivity index (χ4n) is 1.23. The predicted molar refractivity (Wildman–Crippen MR) is 57.7 cm³/mol. The maximum atomic E-state index is 13.1. The summed E-state index contributed by atoms with van der Waals surface area (Å²) >= 11 is 0. The summed E-state index contributed by atoms with van der Waals surface area (Å²) in [5.74, 6) is 2.21. The first-order valence-corrected chi connectivity index (χ1v) is 4.26. The van der Waals surface area contributed by atoms with Crippen LogP contribution in [0.1, 0.15) is 5.56 Å². The van der Waals surface area contributed by atoms with E-state index in [1.165, 1.54) is 6.07 Å². The summed E-state index contributed by atoms with van der Waals surface area (Å²) in [6.07, 6.45) is 5.18. The summed E-state index contributed by atoms with van der Waals surface area (Å²) in [6, 6.07) is 3.01. The fourth-order valence-corrected chi connectivity index (χ4v) is 1.23. The minimum atomic E-state index is -0.291. The van der Waals surface area contributed by atoms with Gasteiger partial charge in [0.1, 0.15) is 5.82 Å². The van der Waals surface area contributed by atoms with Crippen molar-refractivity contribution in [3.63, 3.8) is 0 Å². The lowest BCUT2D eigenvalue weighted by molar-refractivity contribution is 0.619. The molecule has 0 aliphatic heterocycles. The van der Waals surface area contributed by atoms with E-state index < -0.39 is 0 Å². The molecule has 0 aromatic heterocycles. The number of hydrogen-bond acceptors (Lipinski definition) is 2. The van der Waals surface area contributed by atoms with E-state index in [0.29, 0.717) is 17.8 Å². The van der Waals surface area contributed by atoms with Crippen LogP contribution in [0.4, 0.5) is 15.8 Å². The number of benzene rings is 1. The third-order valence-corrected chi connectivity index (χ3v) is 2.05. The van der Waals surface area contributed by atoms with Gasteiger partial charge in [-0.2, -0.15) is 0 Å². The zero-order chi connectivity index (χ0) is 10.7. The van der Waals surface area contributed by atoms with Gasteiger partial charge in [0.2, 0.25) is 0 Å². The van der Waals surface area contributed by atoms with Gasteiger partial charge in [-0.15, -0.1) is 6.42 Å². The van der Waals surface area contributed by atoms with E-state index in [9.17, 15) is 4.39 Å². The molecule has 0 amide bonds. The predicted octanol–water partition coefficient (Wildman–Crippen LogP) is 1.79. The number of hydrogen-bond donors (Lipinski definition) is 1. The van der Waals surface area contributed by atoms with Crippen molar-refractivity contribution in [2.75, 3.05) is 24.2 Å². The minimum Gasteiger partial charge on any atom is -0.397 e. The Morgan fingerprint density at radius 3 is 2.79 bits per heavy atom. The molecule has 74 valence electrons. The topological polar surface area (TPSA) is 29.3 Å². The Balaban J connectivity index is 3.10. The molecule has 3 heteroatoms. The summed E-state index contributed by atoms with van der Waals surface area (Å²) in [5, 5.41) is 0. The zero-order valence-electron chi connectivity index (χ0n) is 8.34. The Labute approximate surface area is 83.5 Å². The molecule has 14 heavy (non-hydrogen) atoms. The van der Waals surface area contributed by atoms with Gasteiger partial charge in [0.05, 0.1) is 17.9 Å². The molecule has 2 nitrogen and oxygen atoms in total. The highest BCUT2D eigenvalue weighted by Crippen LogP contribution is 2.25. The lowest BCUT2D eigenvalue weighted by Crippen LogP contribution is -2.18. The van der Waals surface area contributed by atoms with Crippen LogP contribution in [0.2, 0.25) is 0 Å². The van der Waals surface area contributed by atoms with Crippen LogP contribution in [0, 0.1) is 25.1 Å². The van der Waals surface area contributed by atoms with E-state index in [1.54, 1.807) is 13.0 Å². The molecule has 1 aromatic carbocycles. The third kappa shape index (κ3) is 1.97. The largest absolute Gasteiger partial charge is 0.397 e. The molecule has 0 atom stereocenters. The second kappa shape index (κ2) is 4.01. The summed E-state index contributed by atoms with van der Waals surface area (Å²) in [6.45, 7) is 2.15. The summed E-state index contributed by atoms with van der Waals surface area (Å²) in [4.78, 5) is 1.81. The van der Waals surface area contributed by atoms with Crippen molar-refractivity contribution >= 4 is 11.4 Å².